The zero-order chi connectivity index (χ0) is 21.7. The molecule has 0 saturated heterocycles. The molecule has 3 aromatic rings. The average molecular weight is 426 g/mol. The lowest BCUT2D eigenvalue weighted by molar-refractivity contribution is -0.885. The Morgan fingerprint density at radius 1 is 1.13 bits per heavy atom. The van der Waals surface area contributed by atoms with Crippen LogP contribution in [0.2, 0.25) is 0 Å². The van der Waals surface area contributed by atoms with Crippen molar-refractivity contribution in [3.05, 3.63) is 64.2 Å². The number of amides is 1. The van der Waals surface area contributed by atoms with E-state index in [1.165, 1.54) is 5.56 Å². The Bertz CT molecular complexity index is 991. The molecule has 0 saturated carbocycles. The van der Waals surface area contributed by atoms with E-state index in [4.69, 9.17) is 4.74 Å². The van der Waals surface area contributed by atoms with Gasteiger partial charge >= 0.3 is 0 Å². The van der Waals surface area contributed by atoms with E-state index in [-0.39, 0.29) is 5.91 Å². The summed E-state index contributed by atoms with van der Waals surface area (Å²) in [4.78, 5) is 18.2. The van der Waals surface area contributed by atoms with Gasteiger partial charge in [-0.25, -0.2) is 4.98 Å². The first-order chi connectivity index (χ1) is 14.3. The van der Waals surface area contributed by atoms with Gasteiger partial charge in [0.15, 0.2) is 11.7 Å². The van der Waals surface area contributed by atoms with Gasteiger partial charge in [0.25, 0.3) is 5.91 Å². The molecule has 7 heteroatoms. The van der Waals surface area contributed by atoms with Gasteiger partial charge in [0.2, 0.25) is 0 Å². The lowest BCUT2D eigenvalue weighted by Gasteiger charge is -2.15. The smallest absolute Gasteiger partial charge is 0.279 e. The maximum Gasteiger partial charge on any atom is 0.279 e. The van der Waals surface area contributed by atoms with Crippen molar-refractivity contribution in [2.75, 3.05) is 31.3 Å². The predicted octanol–water partition coefficient (Wildman–Crippen LogP) is 3.47. The van der Waals surface area contributed by atoms with E-state index >= 15 is 0 Å². The van der Waals surface area contributed by atoms with Crippen LogP contribution in [-0.2, 0) is 11.3 Å². The molecule has 0 spiro atoms. The first-order valence-corrected chi connectivity index (χ1v) is 10.8. The predicted molar refractivity (Wildman–Crippen MR) is 123 cm³/mol. The number of quaternary nitrogens is 1. The monoisotopic (exact) mass is 425 g/mol. The molecule has 1 heterocycles. The second-order valence-electron chi connectivity index (χ2n) is 7.63. The number of carbonyl (C=O) groups is 1. The van der Waals surface area contributed by atoms with Gasteiger partial charge < -0.3 is 20.3 Å². The molecule has 1 aromatic heterocycles. The van der Waals surface area contributed by atoms with Gasteiger partial charge in [0.05, 0.1) is 14.2 Å². The zero-order valence-electron chi connectivity index (χ0n) is 18.1. The Balaban J connectivity index is 1.53. The Morgan fingerprint density at radius 2 is 1.80 bits per heavy atom. The number of hydrogen-bond donors (Lipinski definition) is 3. The molecular formula is C23H29N4O2S+. The molecule has 0 aliphatic heterocycles. The summed E-state index contributed by atoms with van der Waals surface area (Å²) in [6, 6.07) is 11.9. The minimum Gasteiger partial charge on any atom is -0.497 e. The fourth-order valence-electron chi connectivity index (χ4n) is 3.45. The summed E-state index contributed by atoms with van der Waals surface area (Å²) in [5.74, 6) is 0.828. The van der Waals surface area contributed by atoms with Gasteiger partial charge in [0, 0.05) is 16.8 Å². The minimum atomic E-state index is 0.00867. The molecule has 0 fully saturated rings. The molecule has 2 aromatic carbocycles. The molecular weight excluding hydrogens is 396 g/mol. The summed E-state index contributed by atoms with van der Waals surface area (Å²) < 4.78 is 5.18. The molecule has 30 heavy (non-hydrogen) atoms. The number of carbonyl (C=O) groups excluding carboxylic acids is 1. The van der Waals surface area contributed by atoms with Crippen LogP contribution < -0.4 is 20.3 Å². The Hall–Kier alpha value is -2.90. The molecule has 0 aliphatic carbocycles. The number of anilines is 3. The van der Waals surface area contributed by atoms with Crippen molar-refractivity contribution in [3.8, 4) is 5.75 Å². The second-order valence-corrected chi connectivity index (χ2v) is 8.49. The number of likely N-dealkylation sites (N-methyl/N-ethyl adjacent to an activating group) is 1. The summed E-state index contributed by atoms with van der Waals surface area (Å²) in [6.45, 7) is 7.18. The van der Waals surface area contributed by atoms with E-state index in [9.17, 15) is 4.79 Å². The second kappa shape index (κ2) is 9.73. The number of rotatable bonds is 8. The standard InChI is InChI=1S/C23H28N4O2S/c1-15-10-16(2)22(17(3)11-15)26-21(28)13-27(4)12-19-14-30-23(25-19)24-18-6-8-20(29-5)9-7-18/h6-11,14H,12-13H2,1-5H3,(H,24,25)(H,26,28)/p+1. The van der Waals surface area contributed by atoms with Crippen LogP contribution in [0.4, 0.5) is 16.5 Å². The van der Waals surface area contributed by atoms with Crippen LogP contribution in [0.3, 0.4) is 0 Å². The van der Waals surface area contributed by atoms with Gasteiger partial charge in [0.1, 0.15) is 18.0 Å². The SMILES string of the molecule is COc1ccc(Nc2nc(C[NH+](C)CC(=O)Nc3c(C)cc(C)cc3C)cs2)cc1. The van der Waals surface area contributed by atoms with Gasteiger partial charge in [-0.1, -0.05) is 17.7 Å². The van der Waals surface area contributed by atoms with Crippen molar-refractivity contribution in [1.29, 1.82) is 0 Å². The van der Waals surface area contributed by atoms with E-state index in [1.807, 2.05) is 50.5 Å². The highest BCUT2D eigenvalue weighted by molar-refractivity contribution is 7.13. The number of benzene rings is 2. The maximum absolute atomic E-state index is 12.5. The summed E-state index contributed by atoms with van der Waals surface area (Å²) in [5.41, 5.74) is 6.22. The third-order valence-corrected chi connectivity index (χ3v) is 5.59. The lowest BCUT2D eigenvalue weighted by Crippen LogP contribution is -3.08. The van der Waals surface area contributed by atoms with E-state index in [1.54, 1.807) is 18.4 Å². The van der Waals surface area contributed by atoms with Crippen molar-refractivity contribution in [3.63, 3.8) is 0 Å². The topological polar surface area (TPSA) is 67.7 Å². The Kier molecular flexibility index (Phi) is 7.07. The Labute approximate surface area is 181 Å². The molecule has 1 atom stereocenters. The summed E-state index contributed by atoms with van der Waals surface area (Å²) in [5, 5.41) is 9.23. The van der Waals surface area contributed by atoms with Crippen LogP contribution in [0.5, 0.6) is 5.75 Å². The average Bonchev–Trinajstić information content (AvgIpc) is 3.11. The minimum absolute atomic E-state index is 0.00867. The van der Waals surface area contributed by atoms with E-state index in [0.29, 0.717) is 13.1 Å². The molecule has 0 radical (unpaired) electrons. The highest BCUT2D eigenvalue weighted by Crippen LogP contribution is 2.23. The summed E-state index contributed by atoms with van der Waals surface area (Å²) >= 11 is 1.56. The van der Waals surface area contributed by atoms with E-state index in [2.05, 4.69) is 34.7 Å². The number of nitrogens with zero attached hydrogens (tertiary/aromatic N) is 1. The van der Waals surface area contributed by atoms with Gasteiger partial charge in [-0.05, 0) is 56.2 Å². The first-order valence-electron chi connectivity index (χ1n) is 9.88. The Morgan fingerprint density at radius 3 is 2.43 bits per heavy atom. The van der Waals surface area contributed by atoms with Gasteiger partial charge in [-0.15, -0.1) is 11.3 Å². The van der Waals surface area contributed by atoms with Crippen LogP contribution in [0.25, 0.3) is 0 Å². The number of hydrogen-bond acceptors (Lipinski definition) is 5. The number of thiazole rings is 1. The van der Waals surface area contributed by atoms with Crippen molar-refractivity contribution in [2.45, 2.75) is 27.3 Å². The lowest BCUT2D eigenvalue weighted by atomic mass is 10.1. The van der Waals surface area contributed by atoms with Gasteiger partial charge in [-0.2, -0.15) is 0 Å². The van der Waals surface area contributed by atoms with Crippen LogP contribution in [0, 0.1) is 20.8 Å². The van der Waals surface area contributed by atoms with Crippen molar-refractivity contribution >= 4 is 33.8 Å². The maximum atomic E-state index is 12.5. The quantitative estimate of drug-likeness (QED) is 0.517. The molecule has 6 nitrogen and oxygen atoms in total. The van der Waals surface area contributed by atoms with Crippen LogP contribution in [0.15, 0.2) is 41.8 Å². The third kappa shape index (κ3) is 5.81. The molecule has 1 amide bonds. The zero-order valence-corrected chi connectivity index (χ0v) is 18.9. The normalized spacial score (nSPS) is 11.8. The van der Waals surface area contributed by atoms with Crippen LogP contribution in [0.1, 0.15) is 22.4 Å². The fourth-order valence-corrected chi connectivity index (χ4v) is 4.18. The van der Waals surface area contributed by atoms with E-state index in [0.717, 1.165) is 44.0 Å². The highest BCUT2D eigenvalue weighted by Gasteiger charge is 2.15. The highest BCUT2D eigenvalue weighted by atomic mass is 32.1. The van der Waals surface area contributed by atoms with Crippen molar-refractivity contribution < 1.29 is 14.4 Å². The molecule has 0 bridgehead atoms. The number of ether oxygens (including phenoxy) is 1. The molecule has 1 unspecified atom stereocenters. The first kappa shape index (κ1) is 21.8. The third-order valence-electron chi connectivity index (χ3n) is 4.78. The fraction of sp³-hybridized carbons (Fsp3) is 0.304. The summed E-state index contributed by atoms with van der Waals surface area (Å²) in [6.07, 6.45) is 0. The van der Waals surface area contributed by atoms with Crippen LogP contribution >= 0.6 is 11.3 Å². The van der Waals surface area contributed by atoms with Crippen LogP contribution in [-0.4, -0.2) is 31.6 Å². The molecule has 158 valence electrons. The molecule has 3 rings (SSSR count). The van der Waals surface area contributed by atoms with Crippen molar-refractivity contribution in [1.82, 2.24) is 4.98 Å². The number of nitrogens with one attached hydrogen (secondary N) is 3. The largest absolute Gasteiger partial charge is 0.497 e. The van der Waals surface area contributed by atoms with Gasteiger partial charge in [-0.3, -0.25) is 4.79 Å². The molecule has 0 aliphatic rings. The van der Waals surface area contributed by atoms with Crippen molar-refractivity contribution in [2.24, 2.45) is 0 Å². The number of methoxy groups -OCH3 is 1. The number of aromatic nitrogens is 1. The molecule has 3 N–H and O–H groups in total. The number of aryl methyl sites for hydroxylation is 3. The summed E-state index contributed by atoms with van der Waals surface area (Å²) in [7, 11) is 3.65. The van der Waals surface area contributed by atoms with E-state index < -0.39 is 0 Å².